The van der Waals surface area contributed by atoms with E-state index in [1.807, 2.05) is 24.3 Å². The first-order valence-electron chi connectivity index (χ1n) is 14.0. The number of nitrogens with zero attached hydrogens (tertiary/aromatic N) is 1. The largest absolute Gasteiger partial charge is 0.493 e. The van der Waals surface area contributed by atoms with Crippen LogP contribution in [-0.4, -0.2) is 23.6 Å². The molecule has 7 heteroatoms. The molecule has 0 radical (unpaired) electrons. The van der Waals surface area contributed by atoms with Gasteiger partial charge in [-0.15, -0.1) is 0 Å². The average molecular weight is 572 g/mol. The summed E-state index contributed by atoms with van der Waals surface area (Å²) in [5.74, 6) is 0.0942. The number of methoxy groups -OCH3 is 1. The number of hydrogen-bond donors (Lipinski definition) is 0. The zero-order valence-electron chi connectivity index (χ0n) is 22.9. The summed E-state index contributed by atoms with van der Waals surface area (Å²) in [5.41, 5.74) is 6.06. The molecule has 1 heterocycles. The Morgan fingerprint density at radius 1 is 0.854 bits per heavy atom. The highest BCUT2D eigenvalue weighted by Gasteiger charge is 2.43. The van der Waals surface area contributed by atoms with Crippen molar-refractivity contribution in [1.29, 1.82) is 0 Å². The minimum atomic E-state index is -0.509. The molecular weight excluding hydrogens is 541 g/mol. The number of rotatable bonds is 7. The molecule has 210 valence electrons. The minimum absolute atomic E-state index is 0.0750. The number of carbonyl (C=O) groups is 2. The lowest BCUT2D eigenvalue weighted by atomic mass is 9.71. The van der Waals surface area contributed by atoms with E-state index in [4.69, 9.17) is 21.1 Å². The summed E-state index contributed by atoms with van der Waals surface area (Å²) in [7, 11) is 1.54. The van der Waals surface area contributed by atoms with Crippen molar-refractivity contribution >= 4 is 23.2 Å². The molecule has 41 heavy (non-hydrogen) atoms. The van der Waals surface area contributed by atoms with E-state index in [2.05, 4.69) is 17.0 Å². The van der Waals surface area contributed by atoms with Gasteiger partial charge in [0.05, 0.1) is 12.1 Å². The van der Waals surface area contributed by atoms with Crippen molar-refractivity contribution in [2.24, 2.45) is 0 Å². The van der Waals surface area contributed by atoms with Gasteiger partial charge in [-0.3, -0.25) is 9.59 Å². The molecule has 5 nitrogen and oxygen atoms in total. The van der Waals surface area contributed by atoms with Crippen molar-refractivity contribution in [3.8, 4) is 11.5 Å². The molecule has 0 atom stereocenters. The fraction of sp³-hybridized carbons (Fsp3) is 0.294. The number of ketones is 2. The summed E-state index contributed by atoms with van der Waals surface area (Å²) in [6.07, 6.45) is 4.03. The van der Waals surface area contributed by atoms with Gasteiger partial charge in [-0.1, -0.05) is 54.1 Å². The first-order valence-corrected chi connectivity index (χ1v) is 14.4. The van der Waals surface area contributed by atoms with Crippen LogP contribution in [0.4, 0.5) is 4.39 Å². The molecule has 3 aromatic rings. The van der Waals surface area contributed by atoms with Crippen molar-refractivity contribution in [1.82, 2.24) is 4.90 Å². The van der Waals surface area contributed by atoms with Crippen LogP contribution in [0, 0.1) is 5.82 Å². The van der Waals surface area contributed by atoms with Gasteiger partial charge < -0.3 is 14.4 Å². The van der Waals surface area contributed by atoms with E-state index in [9.17, 15) is 14.0 Å². The van der Waals surface area contributed by atoms with Gasteiger partial charge in [0.15, 0.2) is 23.1 Å². The standard InChI is InChI=1S/C34H31ClFNO4/c1-40-30-18-23(17-25(35)34(30)41-20-22-13-15-24(36)16-14-22)31-32-26(9-5-11-28(32)38)37(19-21-7-3-2-4-8-21)27-10-6-12-29(39)33(27)31/h2-4,7-8,13-18,31H,5-6,9-12,19-20H2,1H3. The molecule has 3 aromatic carbocycles. The second-order valence-electron chi connectivity index (χ2n) is 10.7. The SMILES string of the molecule is COc1cc(C2C3=C(CCCC3=O)N(Cc3ccccc3)C3=C2C(=O)CCC3)cc(Cl)c1OCc1ccc(F)cc1. The zero-order chi connectivity index (χ0) is 28.5. The maximum absolute atomic E-state index is 13.6. The highest BCUT2D eigenvalue weighted by atomic mass is 35.5. The fourth-order valence-corrected chi connectivity index (χ4v) is 6.56. The minimum Gasteiger partial charge on any atom is -0.493 e. The highest BCUT2D eigenvalue weighted by molar-refractivity contribution is 6.32. The van der Waals surface area contributed by atoms with Crippen molar-refractivity contribution in [2.45, 2.75) is 57.6 Å². The lowest BCUT2D eigenvalue weighted by molar-refractivity contribution is -0.117. The van der Waals surface area contributed by atoms with Crippen LogP contribution in [0.2, 0.25) is 5.02 Å². The second kappa shape index (κ2) is 11.5. The van der Waals surface area contributed by atoms with E-state index in [0.29, 0.717) is 47.1 Å². The molecule has 3 aliphatic rings. The molecule has 6 rings (SSSR count). The van der Waals surface area contributed by atoms with Crippen molar-refractivity contribution in [3.63, 3.8) is 0 Å². The topological polar surface area (TPSA) is 55.8 Å². The molecule has 0 N–H and O–H groups in total. The average Bonchev–Trinajstić information content (AvgIpc) is 2.98. The Morgan fingerprint density at radius 3 is 2.10 bits per heavy atom. The molecule has 0 bridgehead atoms. The summed E-state index contributed by atoms with van der Waals surface area (Å²) in [4.78, 5) is 29.5. The number of benzene rings is 3. The van der Waals surface area contributed by atoms with Crippen molar-refractivity contribution < 1.29 is 23.5 Å². The monoisotopic (exact) mass is 571 g/mol. The number of Topliss-reactive ketones (excluding diaryl/α,β-unsaturated/α-hetero) is 2. The number of allylic oxidation sites excluding steroid dienone is 4. The Morgan fingerprint density at radius 2 is 1.49 bits per heavy atom. The molecule has 2 aliphatic carbocycles. The summed E-state index contributed by atoms with van der Waals surface area (Å²) >= 11 is 6.81. The highest BCUT2D eigenvalue weighted by Crippen LogP contribution is 2.51. The van der Waals surface area contributed by atoms with Crippen LogP contribution >= 0.6 is 11.6 Å². The van der Waals surface area contributed by atoms with E-state index in [1.54, 1.807) is 18.2 Å². The van der Waals surface area contributed by atoms with Gasteiger partial charge in [0.1, 0.15) is 12.4 Å². The molecule has 0 fully saturated rings. The lowest BCUT2D eigenvalue weighted by Crippen LogP contribution is -2.38. The van der Waals surface area contributed by atoms with Gasteiger partial charge in [-0.2, -0.15) is 0 Å². The molecule has 1 aliphatic heterocycles. The lowest BCUT2D eigenvalue weighted by Gasteiger charge is -2.44. The third-order valence-electron chi connectivity index (χ3n) is 8.15. The molecule has 0 spiro atoms. The van der Waals surface area contributed by atoms with E-state index in [1.165, 1.54) is 19.2 Å². The first-order chi connectivity index (χ1) is 19.9. The van der Waals surface area contributed by atoms with E-state index in [-0.39, 0.29) is 24.0 Å². The third-order valence-corrected chi connectivity index (χ3v) is 8.43. The Hall–Kier alpha value is -3.90. The van der Waals surface area contributed by atoms with Gasteiger partial charge >= 0.3 is 0 Å². The van der Waals surface area contributed by atoms with Gasteiger partial charge in [-0.05, 0) is 66.6 Å². The quantitative estimate of drug-likeness (QED) is 0.291. The second-order valence-corrected chi connectivity index (χ2v) is 11.1. The molecular formula is C34H31ClFNO4. The van der Waals surface area contributed by atoms with E-state index >= 15 is 0 Å². The summed E-state index contributed by atoms with van der Waals surface area (Å²) < 4.78 is 25.1. The van der Waals surface area contributed by atoms with Gasteiger partial charge in [0.25, 0.3) is 0 Å². The van der Waals surface area contributed by atoms with Crippen LogP contribution < -0.4 is 9.47 Å². The number of carbonyl (C=O) groups excluding carboxylic acids is 2. The van der Waals surface area contributed by atoms with Crippen LogP contribution in [0.5, 0.6) is 11.5 Å². The Labute approximate surface area is 244 Å². The maximum atomic E-state index is 13.6. The number of halogens is 2. The maximum Gasteiger partial charge on any atom is 0.180 e. The van der Waals surface area contributed by atoms with Crippen LogP contribution in [0.15, 0.2) is 89.3 Å². The van der Waals surface area contributed by atoms with Gasteiger partial charge in [0.2, 0.25) is 0 Å². The summed E-state index contributed by atoms with van der Waals surface area (Å²) in [6.45, 7) is 0.793. The fourth-order valence-electron chi connectivity index (χ4n) is 6.29. The molecule has 0 aromatic heterocycles. The Kier molecular flexibility index (Phi) is 7.67. The van der Waals surface area contributed by atoms with Crippen LogP contribution in [0.25, 0.3) is 0 Å². The van der Waals surface area contributed by atoms with E-state index < -0.39 is 5.92 Å². The predicted molar refractivity (Wildman–Crippen MR) is 155 cm³/mol. The van der Waals surface area contributed by atoms with Crippen LogP contribution in [0.3, 0.4) is 0 Å². The van der Waals surface area contributed by atoms with Crippen molar-refractivity contribution in [2.75, 3.05) is 7.11 Å². The predicted octanol–water partition coefficient (Wildman–Crippen LogP) is 7.68. The first kappa shape index (κ1) is 27.3. The molecule has 0 saturated carbocycles. The molecule has 0 amide bonds. The Balaban J connectivity index is 1.44. The van der Waals surface area contributed by atoms with E-state index in [0.717, 1.165) is 53.8 Å². The number of hydrogen-bond acceptors (Lipinski definition) is 5. The summed E-state index contributed by atoms with van der Waals surface area (Å²) in [6, 6.07) is 19.9. The summed E-state index contributed by atoms with van der Waals surface area (Å²) in [5, 5.41) is 0.323. The molecule has 0 saturated heterocycles. The van der Waals surface area contributed by atoms with Crippen LogP contribution in [-0.2, 0) is 22.7 Å². The zero-order valence-corrected chi connectivity index (χ0v) is 23.7. The van der Waals surface area contributed by atoms with Gasteiger partial charge in [-0.25, -0.2) is 4.39 Å². The normalized spacial score (nSPS) is 17.5. The Bertz CT molecular complexity index is 1520. The molecule has 0 unspecified atom stereocenters. The van der Waals surface area contributed by atoms with Crippen LogP contribution in [0.1, 0.15) is 61.1 Å². The smallest absolute Gasteiger partial charge is 0.180 e. The van der Waals surface area contributed by atoms with Gasteiger partial charge in [0, 0.05) is 47.8 Å². The van der Waals surface area contributed by atoms with Crippen molar-refractivity contribution in [3.05, 3.63) is 117 Å². The third kappa shape index (κ3) is 5.29. The number of ether oxygens (including phenoxy) is 2.